The summed E-state index contributed by atoms with van der Waals surface area (Å²) in [6, 6.07) is 11.7. The summed E-state index contributed by atoms with van der Waals surface area (Å²) < 4.78 is 5.68. The van der Waals surface area contributed by atoms with Crippen LogP contribution in [0.2, 0.25) is 0 Å². The van der Waals surface area contributed by atoms with E-state index in [1.54, 1.807) is 24.2 Å². The highest BCUT2D eigenvalue weighted by Gasteiger charge is 1.96. The summed E-state index contributed by atoms with van der Waals surface area (Å²) in [6.07, 6.45) is 3.59. The van der Waals surface area contributed by atoms with Gasteiger partial charge in [-0.3, -0.25) is 4.98 Å². The summed E-state index contributed by atoms with van der Waals surface area (Å²) in [5, 5.41) is 0. The zero-order valence-electron chi connectivity index (χ0n) is 11.1. The maximum atomic E-state index is 5.68. The van der Waals surface area contributed by atoms with E-state index in [1.165, 1.54) is 4.90 Å². The average Bonchev–Trinajstić information content (AvgIpc) is 2.52. The Morgan fingerprint density at radius 1 is 1.10 bits per heavy atom. The number of pyridine rings is 1. The zero-order valence-corrected chi connectivity index (χ0v) is 11.9. The quantitative estimate of drug-likeness (QED) is 0.521. The van der Waals surface area contributed by atoms with E-state index in [4.69, 9.17) is 10.5 Å². The molecule has 0 atom stereocenters. The Labute approximate surface area is 123 Å². The fourth-order valence-corrected chi connectivity index (χ4v) is 2.26. The van der Waals surface area contributed by atoms with Crippen molar-refractivity contribution in [1.29, 1.82) is 0 Å². The smallest absolute Gasteiger partial charge is 0.119 e. The van der Waals surface area contributed by atoms with Gasteiger partial charge in [-0.1, -0.05) is 11.8 Å². The molecule has 4 heteroatoms. The van der Waals surface area contributed by atoms with E-state index >= 15 is 0 Å². The summed E-state index contributed by atoms with van der Waals surface area (Å²) in [7, 11) is 0. The van der Waals surface area contributed by atoms with Gasteiger partial charge in [0, 0.05) is 28.6 Å². The second kappa shape index (κ2) is 8.26. The van der Waals surface area contributed by atoms with E-state index in [-0.39, 0.29) is 0 Å². The molecular formula is C16H16N2OS. The largest absolute Gasteiger partial charge is 0.493 e. The van der Waals surface area contributed by atoms with Crippen LogP contribution in [0.15, 0.2) is 53.7 Å². The van der Waals surface area contributed by atoms with Crippen LogP contribution in [0.25, 0.3) is 0 Å². The van der Waals surface area contributed by atoms with E-state index in [1.807, 2.05) is 36.4 Å². The van der Waals surface area contributed by atoms with Gasteiger partial charge in [0.05, 0.1) is 13.2 Å². The molecule has 0 bridgehead atoms. The highest BCUT2D eigenvalue weighted by atomic mass is 32.2. The molecule has 0 aliphatic rings. The van der Waals surface area contributed by atoms with Gasteiger partial charge >= 0.3 is 0 Å². The predicted molar refractivity (Wildman–Crippen MR) is 82.8 cm³/mol. The summed E-state index contributed by atoms with van der Waals surface area (Å²) in [4.78, 5) is 5.19. The molecule has 1 aromatic carbocycles. The van der Waals surface area contributed by atoms with Crippen molar-refractivity contribution >= 4 is 11.8 Å². The molecule has 20 heavy (non-hydrogen) atoms. The van der Waals surface area contributed by atoms with Crippen LogP contribution in [0.5, 0.6) is 5.75 Å². The molecule has 0 fully saturated rings. The Morgan fingerprint density at radius 3 is 2.55 bits per heavy atom. The van der Waals surface area contributed by atoms with Gasteiger partial charge in [0.25, 0.3) is 0 Å². The molecule has 2 aromatic rings. The van der Waals surface area contributed by atoms with Crippen LogP contribution in [0, 0.1) is 11.8 Å². The van der Waals surface area contributed by atoms with E-state index in [2.05, 4.69) is 16.8 Å². The summed E-state index contributed by atoms with van der Waals surface area (Å²) in [6.45, 7) is 1.05. The minimum Gasteiger partial charge on any atom is -0.493 e. The first-order chi connectivity index (χ1) is 9.88. The van der Waals surface area contributed by atoms with Crippen LogP contribution in [0.4, 0.5) is 0 Å². The number of aromatic nitrogens is 1. The summed E-state index contributed by atoms with van der Waals surface area (Å²) >= 11 is 1.75. The molecule has 0 saturated carbocycles. The lowest BCUT2D eigenvalue weighted by molar-refractivity contribution is 0.344. The minimum absolute atomic E-state index is 0.379. The first-order valence-corrected chi connectivity index (χ1v) is 7.31. The first-order valence-electron chi connectivity index (χ1n) is 6.33. The number of hydrogen-bond donors (Lipinski definition) is 1. The Kier molecular flexibility index (Phi) is 5.97. The van der Waals surface area contributed by atoms with Crippen molar-refractivity contribution < 1.29 is 4.74 Å². The molecule has 0 unspecified atom stereocenters. The molecular weight excluding hydrogens is 268 g/mol. The lowest BCUT2D eigenvalue weighted by atomic mass is 10.2. The lowest BCUT2D eigenvalue weighted by Crippen LogP contribution is -1.99. The topological polar surface area (TPSA) is 48.1 Å². The zero-order chi connectivity index (χ0) is 14.0. The summed E-state index contributed by atoms with van der Waals surface area (Å²) in [5.74, 6) is 7.56. The van der Waals surface area contributed by atoms with Crippen LogP contribution in [-0.4, -0.2) is 23.9 Å². The minimum atomic E-state index is 0.379. The van der Waals surface area contributed by atoms with Gasteiger partial charge < -0.3 is 10.5 Å². The number of ether oxygens (including phenoxy) is 1. The third kappa shape index (κ3) is 4.96. The van der Waals surface area contributed by atoms with Crippen molar-refractivity contribution in [2.24, 2.45) is 5.73 Å². The van der Waals surface area contributed by atoms with Crippen LogP contribution in [0.1, 0.15) is 5.56 Å². The molecule has 1 heterocycles. The number of thioether (sulfide) groups is 1. The van der Waals surface area contributed by atoms with Crippen molar-refractivity contribution in [3.05, 3.63) is 54.4 Å². The highest BCUT2D eigenvalue weighted by Crippen LogP contribution is 2.17. The Bertz CT molecular complexity index is 573. The van der Waals surface area contributed by atoms with Gasteiger partial charge in [0.2, 0.25) is 0 Å². The summed E-state index contributed by atoms with van der Waals surface area (Å²) in [5.41, 5.74) is 6.28. The second-order valence-corrected chi connectivity index (χ2v) is 5.08. The molecule has 0 spiro atoms. The number of benzene rings is 1. The monoisotopic (exact) mass is 284 g/mol. The fourth-order valence-electron chi connectivity index (χ4n) is 1.54. The number of hydrogen-bond acceptors (Lipinski definition) is 4. The average molecular weight is 284 g/mol. The predicted octanol–water partition coefficient (Wildman–Crippen LogP) is 2.56. The van der Waals surface area contributed by atoms with Crippen molar-refractivity contribution in [2.75, 3.05) is 18.9 Å². The molecule has 0 aliphatic carbocycles. The van der Waals surface area contributed by atoms with Crippen LogP contribution < -0.4 is 10.5 Å². The van der Waals surface area contributed by atoms with Gasteiger partial charge in [-0.25, -0.2) is 0 Å². The molecule has 3 nitrogen and oxygen atoms in total. The van der Waals surface area contributed by atoms with Crippen LogP contribution >= 0.6 is 11.8 Å². The maximum absolute atomic E-state index is 5.68. The van der Waals surface area contributed by atoms with Crippen LogP contribution in [0.3, 0.4) is 0 Å². The molecule has 0 saturated heterocycles. The van der Waals surface area contributed by atoms with Gasteiger partial charge in [-0.15, -0.1) is 11.8 Å². The SMILES string of the molecule is NCC#Cc1ccc(OCCSc2ccncc2)cc1. The molecule has 102 valence electrons. The number of rotatable bonds is 5. The Morgan fingerprint density at radius 2 is 1.85 bits per heavy atom. The highest BCUT2D eigenvalue weighted by molar-refractivity contribution is 7.99. The van der Waals surface area contributed by atoms with Gasteiger partial charge in [0.1, 0.15) is 5.75 Å². The molecule has 0 aliphatic heterocycles. The van der Waals surface area contributed by atoms with Crippen molar-refractivity contribution in [3.63, 3.8) is 0 Å². The normalized spacial score (nSPS) is 9.65. The first kappa shape index (κ1) is 14.4. The third-order valence-corrected chi connectivity index (χ3v) is 3.44. The molecule has 2 N–H and O–H groups in total. The van der Waals surface area contributed by atoms with Gasteiger partial charge in [0.15, 0.2) is 0 Å². The fraction of sp³-hybridized carbons (Fsp3) is 0.188. The van der Waals surface area contributed by atoms with Crippen molar-refractivity contribution in [3.8, 4) is 17.6 Å². The van der Waals surface area contributed by atoms with E-state index < -0.39 is 0 Å². The van der Waals surface area contributed by atoms with Crippen molar-refractivity contribution in [2.45, 2.75) is 4.90 Å². The Hall–Kier alpha value is -1.96. The van der Waals surface area contributed by atoms with E-state index in [0.717, 1.165) is 17.1 Å². The van der Waals surface area contributed by atoms with Crippen LogP contribution in [-0.2, 0) is 0 Å². The van der Waals surface area contributed by atoms with E-state index in [9.17, 15) is 0 Å². The molecule has 1 aromatic heterocycles. The molecule has 0 amide bonds. The number of nitrogens with two attached hydrogens (primary N) is 1. The third-order valence-electron chi connectivity index (χ3n) is 2.46. The maximum Gasteiger partial charge on any atom is 0.119 e. The van der Waals surface area contributed by atoms with Crippen molar-refractivity contribution in [1.82, 2.24) is 4.98 Å². The van der Waals surface area contributed by atoms with Gasteiger partial charge in [-0.2, -0.15) is 0 Å². The second-order valence-electron chi connectivity index (χ2n) is 3.91. The molecule has 0 radical (unpaired) electrons. The Balaban J connectivity index is 1.74. The van der Waals surface area contributed by atoms with Gasteiger partial charge in [-0.05, 0) is 36.4 Å². The lowest BCUT2D eigenvalue weighted by Gasteiger charge is -2.06. The number of nitrogens with zero attached hydrogens (tertiary/aromatic N) is 1. The van der Waals surface area contributed by atoms with E-state index in [0.29, 0.717) is 13.2 Å². The standard InChI is InChI=1S/C16H16N2OS/c17-9-1-2-14-3-5-15(6-4-14)19-12-13-20-16-7-10-18-11-8-16/h3-8,10-11H,9,12-13,17H2. The molecule has 2 rings (SSSR count).